The van der Waals surface area contributed by atoms with Crippen molar-refractivity contribution in [3.8, 4) is 0 Å². The van der Waals surface area contributed by atoms with Gasteiger partial charge in [-0.05, 0) is 18.8 Å². The number of nitrogens with one attached hydrogen (secondary N) is 1. The molecule has 1 heterocycles. The van der Waals surface area contributed by atoms with Crippen LogP contribution in [0.3, 0.4) is 0 Å². The van der Waals surface area contributed by atoms with Gasteiger partial charge in [-0.2, -0.15) is 13.2 Å². The number of hydrogen-bond donors (Lipinski definition) is 1. The van der Waals surface area contributed by atoms with Gasteiger partial charge in [0.2, 0.25) is 5.91 Å². The first-order valence-electron chi connectivity index (χ1n) is 7.94. The Morgan fingerprint density at radius 3 is 2.57 bits per heavy atom. The summed E-state index contributed by atoms with van der Waals surface area (Å²) < 4.78 is 36.7. The molecule has 8 heteroatoms. The van der Waals surface area contributed by atoms with Gasteiger partial charge < -0.3 is 15.1 Å². The van der Waals surface area contributed by atoms with Crippen LogP contribution < -0.4 is 5.32 Å². The van der Waals surface area contributed by atoms with Gasteiger partial charge in [0.25, 0.3) is 0 Å². The van der Waals surface area contributed by atoms with E-state index in [-0.39, 0.29) is 25.0 Å². The lowest BCUT2D eigenvalue weighted by Crippen LogP contribution is -2.49. The maximum atomic E-state index is 12.2. The minimum absolute atomic E-state index is 0.214. The van der Waals surface area contributed by atoms with Crippen molar-refractivity contribution >= 4 is 11.9 Å². The normalized spacial score (nSPS) is 18.9. The second kappa shape index (κ2) is 8.40. The molecule has 1 fully saturated rings. The summed E-state index contributed by atoms with van der Waals surface area (Å²) in [7, 11) is 1.38. The van der Waals surface area contributed by atoms with E-state index >= 15 is 0 Å². The fourth-order valence-electron chi connectivity index (χ4n) is 2.48. The van der Waals surface area contributed by atoms with Crippen molar-refractivity contribution < 1.29 is 22.8 Å². The number of carbonyl (C=O) groups is 2. The average molecular weight is 337 g/mol. The van der Waals surface area contributed by atoms with E-state index in [2.05, 4.69) is 5.32 Å². The molecule has 0 aliphatic carbocycles. The predicted octanol–water partition coefficient (Wildman–Crippen LogP) is 2.47. The number of hydrogen-bond acceptors (Lipinski definition) is 2. The topological polar surface area (TPSA) is 52.7 Å². The van der Waals surface area contributed by atoms with Crippen molar-refractivity contribution in [1.29, 1.82) is 0 Å². The van der Waals surface area contributed by atoms with Gasteiger partial charge in [0.15, 0.2) is 0 Å². The van der Waals surface area contributed by atoms with Gasteiger partial charge in [-0.15, -0.1) is 0 Å². The lowest BCUT2D eigenvalue weighted by molar-refractivity contribution is -0.146. The van der Waals surface area contributed by atoms with Crippen LogP contribution >= 0.6 is 0 Å². The summed E-state index contributed by atoms with van der Waals surface area (Å²) in [6, 6.07) is -0.214. The first-order chi connectivity index (χ1) is 10.6. The van der Waals surface area contributed by atoms with Crippen LogP contribution in [0.5, 0.6) is 0 Å². The van der Waals surface area contributed by atoms with E-state index in [1.165, 1.54) is 7.05 Å². The Labute approximate surface area is 135 Å². The van der Waals surface area contributed by atoms with Gasteiger partial charge in [0, 0.05) is 33.2 Å². The van der Waals surface area contributed by atoms with E-state index < -0.39 is 18.5 Å². The molecule has 23 heavy (non-hydrogen) atoms. The average Bonchev–Trinajstić information content (AvgIpc) is 2.48. The summed E-state index contributed by atoms with van der Waals surface area (Å²) in [5, 5.41) is 2.80. The smallest absolute Gasteiger partial charge is 0.345 e. The van der Waals surface area contributed by atoms with E-state index in [1.54, 1.807) is 4.90 Å². The summed E-state index contributed by atoms with van der Waals surface area (Å²) in [4.78, 5) is 27.0. The number of alkyl halides is 3. The highest BCUT2D eigenvalue weighted by molar-refractivity contribution is 5.80. The minimum atomic E-state index is -4.27. The largest absolute Gasteiger partial charge is 0.390 e. The fourth-order valence-corrected chi connectivity index (χ4v) is 2.48. The number of amides is 3. The van der Waals surface area contributed by atoms with Crippen molar-refractivity contribution in [3.63, 3.8) is 0 Å². The number of piperidine rings is 1. The molecule has 0 radical (unpaired) electrons. The Balaban J connectivity index is 2.50. The second-order valence-electron chi connectivity index (χ2n) is 6.49. The SMILES string of the molecule is CC(C)CNC(=O)N1CCC[C@@H](C(=O)N(C)CCC(F)(F)F)C1. The van der Waals surface area contributed by atoms with Crippen LogP contribution in [0.2, 0.25) is 0 Å². The molecule has 134 valence electrons. The molecule has 0 spiro atoms. The molecule has 0 aromatic heterocycles. The monoisotopic (exact) mass is 337 g/mol. The molecule has 0 aromatic rings. The zero-order valence-electron chi connectivity index (χ0n) is 13.9. The molecule has 0 unspecified atom stereocenters. The Morgan fingerprint density at radius 1 is 1.35 bits per heavy atom. The third-order valence-corrected chi connectivity index (χ3v) is 3.83. The lowest BCUT2D eigenvalue weighted by atomic mass is 9.97. The molecule has 1 rings (SSSR count). The van der Waals surface area contributed by atoms with Gasteiger partial charge in [-0.1, -0.05) is 13.8 Å². The van der Waals surface area contributed by atoms with Gasteiger partial charge in [0.05, 0.1) is 12.3 Å². The molecular weight excluding hydrogens is 311 g/mol. The van der Waals surface area contributed by atoms with Crippen molar-refractivity contribution in [2.75, 3.05) is 33.2 Å². The molecule has 0 aromatic carbocycles. The van der Waals surface area contributed by atoms with Crippen LogP contribution in [0.1, 0.15) is 33.1 Å². The molecule has 1 N–H and O–H groups in total. The molecule has 1 saturated heterocycles. The number of rotatable bonds is 5. The summed E-state index contributed by atoms with van der Waals surface area (Å²) >= 11 is 0. The number of likely N-dealkylation sites (tertiary alicyclic amines) is 1. The summed E-state index contributed by atoms with van der Waals surface area (Å²) in [5.41, 5.74) is 0. The lowest BCUT2D eigenvalue weighted by Gasteiger charge is -2.34. The first-order valence-corrected chi connectivity index (χ1v) is 7.94. The Kier molecular flexibility index (Phi) is 7.15. The van der Waals surface area contributed by atoms with Crippen LogP contribution in [0.25, 0.3) is 0 Å². The number of carbonyl (C=O) groups excluding carboxylic acids is 2. The zero-order chi connectivity index (χ0) is 17.6. The molecule has 0 saturated carbocycles. The highest BCUT2D eigenvalue weighted by Crippen LogP contribution is 2.22. The molecule has 1 aliphatic rings. The predicted molar refractivity (Wildman–Crippen MR) is 80.8 cm³/mol. The summed E-state index contributed by atoms with van der Waals surface area (Å²) in [6.07, 6.45) is -4.01. The van der Waals surface area contributed by atoms with E-state index in [9.17, 15) is 22.8 Å². The van der Waals surface area contributed by atoms with Crippen LogP contribution in [-0.2, 0) is 4.79 Å². The van der Waals surface area contributed by atoms with E-state index in [4.69, 9.17) is 0 Å². The number of halogens is 3. The van der Waals surface area contributed by atoms with Crippen LogP contribution in [-0.4, -0.2) is 61.1 Å². The number of nitrogens with zero attached hydrogens (tertiary/aromatic N) is 2. The molecule has 5 nitrogen and oxygen atoms in total. The van der Waals surface area contributed by atoms with Crippen molar-refractivity contribution in [2.45, 2.75) is 39.3 Å². The van der Waals surface area contributed by atoms with E-state index in [0.29, 0.717) is 31.8 Å². The standard InChI is InChI=1S/C15H26F3N3O2/c1-11(2)9-19-14(23)21-7-4-5-12(10-21)13(22)20(3)8-6-15(16,17)18/h11-12H,4-10H2,1-3H3,(H,19,23)/t12-/m1/s1. The Bertz CT molecular complexity index is 413. The summed E-state index contributed by atoms with van der Waals surface area (Å²) in [5.74, 6) is -0.419. The van der Waals surface area contributed by atoms with Crippen molar-refractivity contribution in [2.24, 2.45) is 11.8 Å². The number of urea groups is 1. The van der Waals surface area contributed by atoms with Crippen LogP contribution in [0, 0.1) is 11.8 Å². The van der Waals surface area contributed by atoms with Gasteiger partial charge in [-0.3, -0.25) is 4.79 Å². The third kappa shape index (κ3) is 7.09. The molecule has 1 atom stereocenters. The molecular formula is C15H26F3N3O2. The Hall–Kier alpha value is -1.47. The van der Waals surface area contributed by atoms with Crippen LogP contribution in [0.15, 0.2) is 0 Å². The Morgan fingerprint density at radius 2 is 2.00 bits per heavy atom. The molecule has 3 amide bonds. The first kappa shape index (κ1) is 19.6. The van der Waals surface area contributed by atoms with Crippen LogP contribution in [0.4, 0.5) is 18.0 Å². The molecule has 1 aliphatic heterocycles. The third-order valence-electron chi connectivity index (χ3n) is 3.83. The van der Waals surface area contributed by atoms with Gasteiger partial charge in [-0.25, -0.2) is 4.79 Å². The van der Waals surface area contributed by atoms with E-state index in [1.807, 2.05) is 13.8 Å². The van der Waals surface area contributed by atoms with Crippen molar-refractivity contribution in [3.05, 3.63) is 0 Å². The summed E-state index contributed by atoms with van der Waals surface area (Å²) in [6.45, 7) is 5.01. The van der Waals surface area contributed by atoms with Crippen molar-refractivity contribution in [1.82, 2.24) is 15.1 Å². The fraction of sp³-hybridized carbons (Fsp3) is 0.867. The second-order valence-corrected chi connectivity index (χ2v) is 6.49. The van der Waals surface area contributed by atoms with E-state index in [0.717, 1.165) is 4.90 Å². The quantitative estimate of drug-likeness (QED) is 0.838. The minimum Gasteiger partial charge on any atom is -0.345 e. The van der Waals surface area contributed by atoms with Gasteiger partial charge in [0.1, 0.15) is 0 Å². The zero-order valence-corrected chi connectivity index (χ0v) is 13.9. The maximum Gasteiger partial charge on any atom is 0.390 e. The highest BCUT2D eigenvalue weighted by Gasteiger charge is 2.32. The highest BCUT2D eigenvalue weighted by atomic mass is 19.4. The van der Waals surface area contributed by atoms with Gasteiger partial charge >= 0.3 is 12.2 Å². The molecule has 0 bridgehead atoms. The maximum absolute atomic E-state index is 12.2.